The molecule has 0 aliphatic carbocycles. The first kappa shape index (κ1) is 10.7. The summed E-state index contributed by atoms with van der Waals surface area (Å²) in [4.78, 5) is 8.56. The Hall–Kier alpha value is -0.810. The van der Waals surface area contributed by atoms with Gasteiger partial charge in [-0.1, -0.05) is 23.4 Å². The van der Waals surface area contributed by atoms with E-state index in [4.69, 9.17) is 11.6 Å². The van der Waals surface area contributed by atoms with Gasteiger partial charge < -0.3 is 0 Å². The fraction of sp³-hybridized carbons (Fsp3) is 0.444. The summed E-state index contributed by atoms with van der Waals surface area (Å²) in [5.74, 6) is 0. The first-order valence-corrected chi connectivity index (χ1v) is 6.18. The highest BCUT2D eigenvalue weighted by atomic mass is 35.5. The minimum atomic E-state index is 0.267. The second-order valence-corrected chi connectivity index (χ2v) is 4.55. The zero-order valence-electron chi connectivity index (χ0n) is 8.73. The highest BCUT2D eigenvalue weighted by Crippen LogP contribution is 2.24. The molecule has 0 aliphatic rings. The van der Waals surface area contributed by atoms with Crippen LogP contribution < -0.4 is 0 Å². The lowest BCUT2D eigenvalue weighted by molar-refractivity contribution is 0.545. The van der Waals surface area contributed by atoms with Crippen molar-refractivity contribution in [1.82, 2.24) is 19.7 Å². The summed E-state index contributed by atoms with van der Waals surface area (Å²) >= 11 is 7.52. The monoisotopic (exact) mass is 242 g/mol. The highest BCUT2D eigenvalue weighted by Gasteiger charge is 2.12. The van der Waals surface area contributed by atoms with Gasteiger partial charge in [-0.2, -0.15) is 5.10 Å². The summed E-state index contributed by atoms with van der Waals surface area (Å²) in [7, 11) is 0. The minimum Gasteiger partial charge on any atom is -0.245 e. The van der Waals surface area contributed by atoms with E-state index in [2.05, 4.69) is 28.9 Å². The van der Waals surface area contributed by atoms with E-state index in [0.29, 0.717) is 10.3 Å². The molecule has 0 fully saturated rings. The van der Waals surface area contributed by atoms with Crippen molar-refractivity contribution in [2.75, 3.05) is 6.26 Å². The normalized spacial score (nSPS) is 11.5. The van der Waals surface area contributed by atoms with Gasteiger partial charge in [0.25, 0.3) is 0 Å². The SMILES string of the molecule is CSc1nc(Cl)c2cnn(C(C)C)c2n1. The second-order valence-electron chi connectivity index (χ2n) is 3.42. The Balaban J connectivity index is 2.72. The van der Waals surface area contributed by atoms with Crippen molar-refractivity contribution in [3.8, 4) is 0 Å². The summed E-state index contributed by atoms with van der Waals surface area (Å²) < 4.78 is 1.85. The summed E-state index contributed by atoms with van der Waals surface area (Å²) in [6.07, 6.45) is 3.63. The van der Waals surface area contributed by atoms with Crippen LogP contribution in [0.5, 0.6) is 0 Å². The smallest absolute Gasteiger partial charge is 0.190 e. The Morgan fingerprint density at radius 1 is 1.40 bits per heavy atom. The maximum absolute atomic E-state index is 6.04. The van der Waals surface area contributed by atoms with Gasteiger partial charge in [0.1, 0.15) is 5.15 Å². The number of halogens is 1. The van der Waals surface area contributed by atoms with Gasteiger partial charge in [-0.05, 0) is 20.1 Å². The third kappa shape index (κ3) is 1.81. The van der Waals surface area contributed by atoms with Crippen molar-refractivity contribution in [2.45, 2.75) is 25.0 Å². The third-order valence-corrected chi connectivity index (χ3v) is 2.89. The first-order chi connectivity index (χ1) is 7.13. The Morgan fingerprint density at radius 3 is 2.73 bits per heavy atom. The first-order valence-electron chi connectivity index (χ1n) is 4.58. The van der Waals surface area contributed by atoms with E-state index in [0.717, 1.165) is 11.0 Å². The van der Waals surface area contributed by atoms with Gasteiger partial charge in [0, 0.05) is 6.04 Å². The van der Waals surface area contributed by atoms with E-state index in [1.807, 2.05) is 10.9 Å². The molecule has 0 amide bonds. The molecule has 0 spiro atoms. The van der Waals surface area contributed by atoms with Crippen LogP contribution in [0, 0.1) is 0 Å². The van der Waals surface area contributed by atoms with Crippen LogP contribution in [0.1, 0.15) is 19.9 Å². The van der Waals surface area contributed by atoms with Crippen LogP contribution in [0.3, 0.4) is 0 Å². The van der Waals surface area contributed by atoms with E-state index < -0.39 is 0 Å². The molecule has 0 radical (unpaired) electrons. The van der Waals surface area contributed by atoms with E-state index >= 15 is 0 Å². The van der Waals surface area contributed by atoms with Crippen molar-refractivity contribution in [3.63, 3.8) is 0 Å². The maximum Gasteiger partial charge on any atom is 0.190 e. The molecule has 2 rings (SSSR count). The van der Waals surface area contributed by atoms with Gasteiger partial charge in [0.2, 0.25) is 0 Å². The predicted molar refractivity (Wildman–Crippen MR) is 62.5 cm³/mol. The largest absolute Gasteiger partial charge is 0.245 e. The molecular weight excluding hydrogens is 232 g/mol. The lowest BCUT2D eigenvalue weighted by Crippen LogP contribution is -2.04. The van der Waals surface area contributed by atoms with Crippen molar-refractivity contribution < 1.29 is 0 Å². The fourth-order valence-corrected chi connectivity index (χ4v) is 1.97. The van der Waals surface area contributed by atoms with Gasteiger partial charge in [-0.3, -0.25) is 0 Å². The van der Waals surface area contributed by atoms with Gasteiger partial charge in [-0.25, -0.2) is 14.6 Å². The highest BCUT2D eigenvalue weighted by molar-refractivity contribution is 7.98. The Kier molecular flexibility index (Phi) is 2.84. The number of fused-ring (bicyclic) bond motifs is 1. The lowest BCUT2D eigenvalue weighted by Gasteiger charge is -2.06. The molecule has 0 aliphatic heterocycles. The van der Waals surface area contributed by atoms with Gasteiger partial charge >= 0.3 is 0 Å². The predicted octanol–water partition coefficient (Wildman–Crippen LogP) is 2.78. The van der Waals surface area contributed by atoms with Crippen LogP contribution in [0.15, 0.2) is 11.4 Å². The van der Waals surface area contributed by atoms with Crippen LogP contribution in [0.4, 0.5) is 0 Å². The summed E-state index contributed by atoms with van der Waals surface area (Å²) in [6, 6.07) is 0.267. The molecule has 15 heavy (non-hydrogen) atoms. The zero-order chi connectivity index (χ0) is 11.0. The third-order valence-electron chi connectivity index (χ3n) is 2.06. The average Bonchev–Trinajstić information content (AvgIpc) is 2.61. The van der Waals surface area contributed by atoms with Crippen LogP contribution in [0.25, 0.3) is 11.0 Å². The maximum atomic E-state index is 6.04. The van der Waals surface area contributed by atoms with Crippen molar-refractivity contribution in [3.05, 3.63) is 11.3 Å². The van der Waals surface area contributed by atoms with Gasteiger partial charge in [-0.15, -0.1) is 0 Å². The summed E-state index contributed by atoms with van der Waals surface area (Å²) in [5.41, 5.74) is 0.800. The standard InChI is InChI=1S/C9H11ClN4S/c1-5(2)14-8-6(4-11-14)7(10)12-9(13-8)15-3/h4-5H,1-3H3. The number of nitrogens with zero attached hydrogens (tertiary/aromatic N) is 4. The van der Waals surface area contributed by atoms with E-state index in [1.54, 1.807) is 6.20 Å². The molecule has 0 atom stereocenters. The molecule has 2 heterocycles. The topological polar surface area (TPSA) is 43.6 Å². The summed E-state index contributed by atoms with van der Waals surface area (Å²) in [6.45, 7) is 4.11. The van der Waals surface area contributed by atoms with Gasteiger partial charge in [0.05, 0.1) is 11.6 Å². The molecule has 0 unspecified atom stereocenters. The van der Waals surface area contributed by atoms with Crippen molar-refractivity contribution >= 4 is 34.4 Å². The Bertz CT molecular complexity index is 494. The number of hydrogen-bond acceptors (Lipinski definition) is 4. The minimum absolute atomic E-state index is 0.267. The molecule has 6 heteroatoms. The molecule has 2 aromatic heterocycles. The molecule has 0 saturated heterocycles. The fourth-order valence-electron chi connectivity index (χ4n) is 1.34. The molecule has 0 saturated carbocycles. The van der Waals surface area contributed by atoms with E-state index in [9.17, 15) is 0 Å². The number of hydrogen-bond donors (Lipinski definition) is 0. The second kappa shape index (κ2) is 3.98. The van der Waals surface area contributed by atoms with Crippen LogP contribution >= 0.6 is 23.4 Å². The van der Waals surface area contributed by atoms with Gasteiger partial charge in [0.15, 0.2) is 10.8 Å². The Labute approximate surface area is 97.0 Å². The number of rotatable bonds is 2. The molecule has 80 valence electrons. The molecule has 4 nitrogen and oxygen atoms in total. The number of aromatic nitrogens is 4. The summed E-state index contributed by atoms with van der Waals surface area (Å²) in [5, 5.41) is 6.20. The van der Waals surface area contributed by atoms with Crippen LogP contribution in [-0.4, -0.2) is 26.0 Å². The van der Waals surface area contributed by atoms with Crippen molar-refractivity contribution in [1.29, 1.82) is 0 Å². The van der Waals surface area contributed by atoms with E-state index in [1.165, 1.54) is 11.8 Å². The van der Waals surface area contributed by atoms with Crippen LogP contribution in [0.2, 0.25) is 5.15 Å². The molecule has 0 bridgehead atoms. The molecular formula is C9H11ClN4S. The van der Waals surface area contributed by atoms with Crippen molar-refractivity contribution in [2.24, 2.45) is 0 Å². The molecule has 0 N–H and O–H groups in total. The lowest BCUT2D eigenvalue weighted by atomic mass is 10.4. The Morgan fingerprint density at radius 2 is 2.13 bits per heavy atom. The molecule has 2 aromatic rings. The van der Waals surface area contributed by atoms with Crippen LogP contribution in [-0.2, 0) is 0 Å². The average molecular weight is 243 g/mol. The zero-order valence-corrected chi connectivity index (χ0v) is 10.3. The quantitative estimate of drug-likeness (QED) is 0.462. The number of thioether (sulfide) groups is 1. The molecule has 0 aromatic carbocycles. The van der Waals surface area contributed by atoms with E-state index in [-0.39, 0.29) is 6.04 Å².